The van der Waals surface area contributed by atoms with Gasteiger partial charge in [0.1, 0.15) is 0 Å². The highest BCUT2D eigenvalue weighted by Crippen LogP contribution is 2.24. The largest absolute Gasteiger partial charge is 0.481 e. The van der Waals surface area contributed by atoms with Crippen LogP contribution in [0.15, 0.2) is 30.3 Å². The molecule has 0 radical (unpaired) electrons. The predicted octanol–water partition coefficient (Wildman–Crippen LogP) is 1.36. The number of aliphatic carboxylic acids is 1. The highest BCUT2D eigenvalue weighted by atomic mass is 16.4. The van der Waals surface area contributed by atoms with Crippen LogP contribution in [-0.2, 0) is 4.79 Å². The molecule has 0 saturated heterocycles. The fourth-order valence-electron chi connectivity index (χ4n) is 2.76. The summed E-state index contributed by atoms with van der Waals surface area (Å²) in [6.07, 6.45) is 2.53. The highest BCUT2D eigenvalue weighted by Gasteiger charge is 2.26. The van der Waals surface area contributed by atoms with E-state index in [2.05, 4.69) is 16.0 Å². The number of hydrogen-bond acceptors (Lipinski definition) is 3. The normalized spacial score (nSPS) is 20.0. The van der Waals surface area contributed by atoms with Crippen molar-refractivity contribution in [2.45, 2.75) is 31.7 Å². The molecule has 1 saturated carbocycles. The molecule has 1 fully saturated rings. The van der Waals surface area contributed by atoms with Crippen LogP contribution < -0.4 is 16.0 Å². The molecule has 1 aliphatic rings. The summed E-state index contributed by atoms with van der Waals surface area (Å²) in [4.78, 5) is 34.5. The Morgan fingerprint density at radius 1 is 0.958 bits per heavy atom. The van der Waals surface area contributed by atoms with E-state index in [9.17, 15) is 14.4 Å². The number of hydrogen-bond donors (Lipinski definition) is 4. The van der Waals surface area contributed by atoms with Gasteiger partial charge in [-0.3, -0.25) is 9.59 Å². The Kier molecular flexibility index (Phi) is 6.60. The minimum Gasteiger partial charge on any atom is -0.481 e. The lowest BCUT2D eigenvalue weighted by Crippen LogP contribution is -2.46. The number of benzene rings is 1. The SMILES string of the molecule is O=C(NCCNC(=O)c1ccccc1)NC1CCC(C(=O)O)CC1. The van der Waals surface area contributed by atoms with Crippen molar-refractivity contribution in [2.75, 3.05) is 13.1 Å². The summed E-state index contributed by atoms with van der Waals surface area (Å²) >= 11 is 0. The molecule has 0 aliphatic heterocycles. The second-order valence-corrected chi connectivity index (χ2v) is 5.91. The van der Waals surface area contributed by atoms with E-state index in [1.54, 1.807) is 24.3 Å². The lowest BCUT2D eigenvalue weighted by Gasteiger charge is -2.26. The maximum absolute atomic E-state index is 11.8. The maximum Gasteiger partial charge on any atom is 0.315 e. The average molecular weight is 333 g/mol. The van der Waals surface area contributed by atoms with Crippen molar-refractivity contribution >= 4 is 17.9 Å². The molecule has 3 amide bonds. The van der Waals surface area contributed by atoms with Gasteiger partial charge in [-0.25, -0.2) is 4.79 Å². The molecule has 0 atom stereocenters. The van der Waals surface area contributed by atoms with Gasteiger partial charge in [0.15, 0.2) is 0 Å². The van der Waals surface area contributed by atoms with Crippen LogP contribution in [0.25, 0.3) is 0 Å². The molecule has 7 nitrogen and oxygen atoms in total. The zero-order valence-corrected chi connectivity index (χ0v) is 13.5. The summed E-state index contributed by atoms with van der Waals surface area (Å²) in [5.74, 6) is -1.23. The van der Waals surface area contributed by atoms with Crippen molar-refractivity contribution in [3.63, 3.8) is 0 Å². The van der Waals surface area contributed by atoms with Gasteiger partial charge in [-0.05, 0) is 37.8 Å². The molecule has 0 aromatic heterocycles. The first-order valence-corrected chi connectivity index (χ1v) is 8.16. The number of carboxylic acid groups (broad SMARTS) is 1. The molecule has 1 aromatic rings. The van der Waals surface area contributed by atoms with Gasteiger partial charge >= 0.3 is 12.0 Å². The van der Waals surface area contributed by atoms with Crippen LogP contribution in [0.4, 0.5) is 4.79 Å². The molecule has 2 rings (SSSR count). The van der Waals surface area contributed by atoms with Gasteiger partial charge in [-0.2, -0.15) is 0 Å². The number of carbonyl (C=O) groups is 3. The van der Waals surface area contributed by atoms with Crippen LogP contribution in [0.1, 0.15) is 36.0 Å². The molecule has 4 N–H and O–H groups in total. The van der Waals surface area contributed by atoms with Crippen molar-refractivity contribution in [3.05, 3.63) is 35.9 Å². The molecule has 1 aromatic carbocycles. The van der Waals surface area contributed by atoms with Crippen molar-refractivity contribution in [1.29, 1.82) is 0 Å². The van der Waals surface area contributed by atoms with Crippen LogP contribution in [0.3, 0.4) is 0 Å². The Morgan fingerprint density at radius 3 is 2.21 bits per heavy atom. The third-order valence-corrected chi connectivity index (χ3v) is 4.14. The van der Waals surface area contributed by atoms with Crippen LogP contribution in [-0.4, -0.2) is 42.1 Å². The van der Waals surface area contributed by atoms with Crippen molar-refractivity contribution < 1.29 is 19.5 Å². The summed E-state index contributed by atoms with van der Waals surface area (Å²) < 4.78 is 0. The van der Waals surface area contributed by atoms with E-state index in [0.29, 0.717) is 44.3 Å². The van der Waals surface area contributed by atoms with Crippen LogP contribution in [0, 0.1) is 5.92 Å². The monoisotopic (exact) mass is 333 g/mol. The van der Waals surface area contributed by atoms with Crippen molar-refractivity contribution in [3.8, 4) is 0 Å². The van der Waals surface area contributed by atoms with E-state index in [-0.39, 0.29) is 23.9 Å². The van der Waals surface area contributed by atoms with Gasteiger partial charge in [0.05, 0.1) is 5.92 Å². The first-order chi connectivity index (χ1) is 11.6. The Balaban J connectivity index is 1.59. The van der Waals surface area contributed by atoms with Crippen LogP contribution >= 0.6 is 0 Å². The number of rotatable bonds is 6. The van der Waals surface area contributed by atoms with Gasteiger partial charge in [-0.15, -0.1) is 0 Å². The van der Waals surface area contributed by atoms with Crippen molar-refractivity contribution in [2.24, 2.45) is 5.92 Å². The van der Waals surface area contributed by atoms with Crippen LogP contribution in [0.5, 0.6) is 0 Å². The maximum atomic E-state index is 11.8. The van der Waals surface area contributed by atoms with Crippen LogP contribution in [0.2, 0.25) is 0 Å². The standard InChI is InChI=1S/C17H23N3O4/c21-15(12-4-2-1-3-5-12)18-10-11-19-17(24)20-14-8-6-13(7-9-14)16(22)23/h1-5,13-14H,6-11H2,(H,18,21)(H,22,23)(H2,19,20,24). The molecule has 1 aliphatic carbocycles. The predicted molar refractivity (Wildman–Crippen MR) is 88.7 cm³/mol. The first-order valence-electron chi connectivity index (χ1n) is 8.16. The van der Waals surface area contributed by atoms with E-state index >= 15 is 0 Å². The first kappa shape index (κ1) is 17.8. The second-order valence-electron chi connectivity index (χ2n) is 5.91. The second kappa shape index (κ2) is 8.90. The summed E-state index contributed by atoms with van der Waals surface area (Å²) in [7, 11) is 0. The molecule has 24 heavy (non-hydrogen) atoms. The Morgan fingerprint density at radius 2 is 1.58 bits per heavy atom. The topological polar surface area (TPSA) is 108 Å². The van der Waals surface area contributed by atoms with Crippen molar-refractivity contribution in [1.82, 2.24) is 16.0 Å². The summed E-state index contributed by atoms with van der Waals surface area (Å²) in [6.45, 7) is 0.668. The smallest absolute Gasteiger partial charge is 0.315 e. The third-order valence-electron chi connectivity index (χ3n) is 4.14. The van der Waals surface area contributed by atoms with Gasteiger partial charge in [0.2, 0.25) is 0 Å². The fourth-order valence-corrected chi connectivity index (χ4v) is 2.76. The minimum atomic E-state index is -0.757. The lowest BCUT2D eigenvalue weighted by molar-refractivity contribution is -0.142. The highest BCUT2D eigenvalue weighted by molar-refractivity contribution is 5.94. The number of carbonyl (C=O) groups excluding carboxylic acids is 2. The van der Waals surface area contributed by atoms with Gasteiger partial charge in [0.25, 0.3) is 5.91 Å². The Labute approximate surface area is 140 Å². The molecular formula is C17H23N3O4. The number of urea groups is 1. The van der Waals surface area contributed by atoms with E-state index < -0.39 is 5.97 Å². The van der Waals surface area contributed by atoms with Gasteiger partial charge in [0, 0.05) is 24.7 Å². The third kappa shape index (κ3) is 5.57. The van der Waals surface area contributed by atoms with E-state index in [1.807, 2.05) is 6.07 Å². The summed E-state index contributed by atoms with van der Waals surface area (Å²) in [6, 6.07) is 8.60. The fraction of sp³-hybridized carbons (Fsp3) is 0.471. The molecule has 0 heterocycles. The lowest BCUT2D eigenvalue weighted by atomic mass is 9.86. The van der Waals surface area contributed by atoms with Gasteiger partial charge in [-0.1, -0.05) is 18.2 Å². The molecule has 0 unspecified atom stereocenters. The summed E-state index contributed by atoms with van der Waals surface area (Å²) in [5, 5.41) is 17.2. The Bertz CT molecular complexity index is 568. The minimum absolute atomic E-state index is 0.0134. The molecular weight excluding hydrogens is 310 g/mol. The number of nitrogens with one attached hydrogen (secondary N) is 3. The van der Waals surface area contributed by atoms with E-state index in [0.717, 1.165) is 0 Å². The Hall–Kier alpha value is -2.57. The zero-order valence-electron chi connectivity index (χ0n) is 13.5. The quantitative estimate of drug-likeness (QED) is 0.590. The zero-order chi connectivity index (χ0) is 17.4. The number of amides is 3. The molecule has 7 heteroatoms. The van der Waals surface area contributed by atoms with Gasteiger partial charge < -0.3 is 21.1 Å². The molecule has 0 spiro atoms. The molecule has 0 bridgehead atoms. The van der Waals surface area contributed by atoms with E-state index in [1.165, 1.54) is 0 Å². The number of carboxylic acids is 1. The molecule has 130 valence electrons. The average Bonchev–Trinajstić information content (AvgIpc) is 2.59. The van der Waals surface area contributed by atoms with E-state index in [4.69, 9.17) is 5.11 Å². The summed E-state index contributed by atoms with van der Waals surface area (Å²) in [5.41, 5.74) is 0.581.